The number of alkyl halides is 2. The van der Waals surface area contributed by atoms with Gasteiger partial charge in [0.05, 0.1) is 7.11 Å². The van der Waals surface area contributed by atoms with E-state index in [1.54, 1.807) is 13.0 Å². The number of nitrogens with two attached hydrogens (primary N) is 1. The van der Waals surface area contributed by atoms with Crippen molar-refractivity contribution in [3.8, 4) is 0 Å². The van der Waals surface area contributed by atoms with Gasteiger partial charge in [-0.05, 0) is 19.4 Å². The van der Waals surface area contributed by atoms with Crippen molar-refractivity contribution >= 4 is 5.90 Å². The molecule has 4 nitrogen and oxygen atoms in total. The van der Waals surface area contributed by atoms with Crippen LogP contribution in [0.2, 0.25) is 0 Å². The van der Waals surface area contributed by atoms with E-state index in [1.807, 2.05) is 0 Å². The van der Waals surface area contributed by atoms with Crippen LogP contribution in [0.4, 0.5) is 8.78 Å². The topological polar surface area (TPSA) is 68.3 Å². The number of allylic oxidation sites excluding steroid dienone is 1. The average molecular weight is 234 g/mol. The minimum atomic E-state index is -2.54. The number of hydrogen-bond donors (Lipinski definition) is 2. The van der Waals surface area contributed by atoms with E-state index in [0.29, 0.717) is 12.2 Å². The molecule has 2 unspecified atom stereocenters. The maximum Gasteiger partial charge on any atom is 0.272 e. The van der Waals surface area contributed by atoms with E-state index >= 15 is 0 Å². The van der Waals surface area contributed by atoms with Crippen LogP contribution in [0.5, 0.6) is 0 Å². The Hall–Kier alpha value is -1.17. The summed E-state index contributed by atoms with van der Waals surface area (Å²) in [5, 5.41) is 7.68. The lowest BCUT2D eigenvalue weighted by molar-refractivity contribution is 0.0187. The minimum Gasteiger partial charge on any atom is -0.491 e. The Morgan fingerprint density at radius 2 is 2.31 bits per heavy atom. The minimum absolute atomic E-state index is 0.0470. The third-order valence-corrected chi connectivity index (χ3v) is 2.80. The second-order valence-corrected chi connectivity index (χ2v) is 3.77. The highest BCUT2D eigenvalue weighted by atomic mass is 19.3. The molecule has 16 heavy (non-hydrogen) atoms. The van der Waals surface area contributed by atoms with Crippen LogP contribution in [0.15, 0.2) is 11.8 Å². The number of methoxy groups -OCH3 is 1. The van der Waals surface area contributed by atoms with Crippen molar-refractivity contribution in [2.75, 3.05) is 13.7 Å². The SMILES string of the molecule is COC(=N)C1(C(C)N)CC=C1OCC(F)F. The van der Waals surface area contributed by atoms with Crippen LogP contribution in [0, 0.1) is 10.8 Å². The van der Waals surface area contributed by atoms with Gasteiger partial charge in [0.1, 0.15) is 17.8 Å². The van der Waals surface area contributed by atoms with Crippen molar-refractivity contribution in [2.24, 2.45) is 11.1 Å². The zero-order valence-electron chi connectivity index (χ0n) is 9.30. The monoisotopic (exact) mass is 234 g/mol. The lowest BCUT2D eigenvalue weighted by Crippen LogP contribution is -2.52. The molecule has 1 rings (SSSR count). The van der Waals surface area contributed by atoms with Crippen LogP contribution in [0.1, 0.15) is 13.3 Å². The number of nitrogens with one attached hydrogen (secondary N) is 1. The molecular formula is C10H16F2N2O2. The summed E-state index contributed by atoms with van der Waals surface area (Å²) in [7, 11) is 1.36. The summed E-state index contributed by atoms with van der Waals surface area (Å²) in [4.78, 5) is 0. The standard InChI is InChI=1S/C10H16F2N2O2/c1-6(13)10(9(14)15-2)4-3-7(10)16-5-8(11)12/h3,6,8,14H,4-5,13H2,1-2H3. The predicted molar refractivity (Wildman–Crippen MR) is 55.5 cm³/mol. The average Bonchev–Trinajstić information content (AvgIpc) is 2.15. The zero-order chi connectivity index (χ0) is 12.3. The summed E-state index contributed by atoms with van der Waals surface area (Å²) in [5.41, 5.74) is 4.91. The summed E-state index contributed by atoms with van der Waals surface area (Å²) in [6, 6.07) is -0.419. The highest BCUT2D eigenvalue weighted by Gasteiger charge is 2.50. The summed E-state index contributed by atoms with van der Waals surface area (Å²) in [5.74, 6) is 0.268. The van der Waals surface area contributed by atoms with Crippen LogP contribution in [-0.2, 0) is 9.47 Å². The summed E-state index contributed by atoms with van der Waals surface area (Å²) in [6.45, 7) is 1.02. The van der Waals surface area contributed by atoms with E-state index in [0.717, 1.165) is 0 Å². The van der Waals surface area contributed by atoms with Crippen molar-refractivity contribution in [3.05, 3.63) is 11.8 Å². The molecule has 0 radical (unpaired) electrons. The number of ether oxygens (including phenoxy) is 2. The molecular weight excluding hydrogens is 218 g/mol. The molecule has 0 aromatic rings. The van der Waals surface area contributed by atoms with Crippen LogP contribution < -0.4 is 5.73 Å². The van der Waals surface area contributed by atoms with Gasteiger partial charge in [-0.3, -0.25) is 5.41 Å². The van der Waals surface area contributed by atoms with Gasteiger partial charge in [0.2, 0.25) is 0 Å². The number of halogens is 2. The molecule has 2 atom stereocenters. The van der Waals surface area contributed by atoms with Crippen LogP contribution in [-0.4, -0.2) is 32.1 Å². The van der Waals surface area contributed by atoms with Gasteiger partial charge in [-0.25, -0.2) is 8.78 Å². The first-order chi connectivity index (χ1) is 7.45. The molecule has 0 saturated heterocycles. The molecule has 6 heteroatoms. The molecule has 0 bridgehead atoms. The molecule has 0 aliphatic heterocycles. The zero-order valence-corrected chi connectivity index (χ0v) is 9.30. The van der Waals surface area contributed by atoms with E-state index in [1.165, 1.54) is 7.11 Å². The molecule has 3 N–H and O–H groups in total. The second kappa shape index (κ2) is 4.78. The number of hydrogen-bond acceptors (Lipinski definition) is 4. The summed E-state index contributed by atoms with van der Waals surface area (Å²) in [6.07, 6.45) is -0.404. The lowest BCUT2D eigenvalue weighted by Gasteiger charge is -2.43. The van der Waals surface area contributed by atoms with Gasteiger partial charge in [0.25, 0.3) is 6.43 Å². The van der Waals surface area contributed by atoms with Crippen molar-refractivity contribution in [1.29, 1.82) is 5.41 Å². The van der Waals surface area contributed by atoms with Gasteiger partial charge in [-0.15, -0.1) is 0 Å². The molecule has 0 fully saturated rings. The molecule has 0 heterocycles. The molecule has 92 valence electrons. The molecule has 1 aliphatic rings. The fourth-order valence-corrected chi connectivity index (χ4v) is 1.75. The number of rotatable bonds is 5. The maximum atomic E-state index is 12.0. The Kier molecular flexibility index (Phi) is 3.85. The first kappa shape index (κ1) is 12.9. The molecule has 0 spiro atoms. The third kappa shape index (κ3) is 2.02. The van der Waals surface area contributed by atoms with E-state index in [4.69, 9.17) is 20.6 Å². The van der Waals surface area contributed by atoms with Crippen molar-refractivity contribution < 1.29 is 18.3 Å². The molecule has 0 aromatic heterocycles. The maximum absolute atomic E-state index is 12.0. The Bertz CT molecular complexity index is 305. The summed E-state index contributed by atoms with van der Waals surface area (Å²) < 4.78 is 33.8. The molecule has 1 aliphatic carbocycles. The van der Waals surface area contributed by atoms with Crippen molar-refractivity contribution in [3.63, 3.8) is 0 Å². The van der Waals surface area contributed by atoms with E-state index < -0.39 is 24.5 Å². The van der Waals surface area contributed by atoms with E-state index in [-0.39, 0.29) is 5.90 Å². The first-order valence-electron chi connectivity index (χ1n) is 4.95. The van der Waals surface area contributed by atoms with Crippen molar-refractivity contribution in [1.82, 2.24) is 0 Å². The Morgan fingerprint density at radius 3 is 2.62 bits per heavy atom. The smallest absolute Gasteiger partial charge is 0.272 e. The van der Waals surface area contributed by atoms with Crippen LogP contribution in [0.25, 0.3) is 0 Å². The predicted octanol–water partition coefficient (Wildman–Crippen LogP) is 1.51. The molecule has 0 aromatic carbocycles. The van der Waals surface area contributed by atoms with Gasteiger partial charge in [0.15, 0.2) is 5.90 Å². The third-order valence-electron chi connectivity index (χ3n) is 2.80. The quantitative estimate of drug-likeness (QED) is 0.559. The Balaban J connectivity index is 2.76. The molecule has 0 saturated carbocycles. The van der Waals surface area contributed by atoms with Gasteiger partial charge >= 0.3 is 0 Å². The largest absolute Gasteiger partial charge is 0.491 e. The Labute approximate surface area is 92.9 Å². The fraction of sp³-hybridized carbons (Fsp3) is 0.700. The Morgan fingerprint density at radius 1 is 1.69 bits per heavy atom. The highest BCUT2D eigenvalue weighted by Crippen LogP contribution is 2.45. The fourth-order valence-electron chi connectivity index (χ4n) is 1.75. The van der Waals surface area contributed by atoms with Gasteiger partial charge in [-0.1, -0.05) is 0 Å². The van der Waals surface area contributed by atoms with Gasteiger partial charge < -0.3 is 15.2 Å². The van der Waals surface area contributed by atoms with Crippen LogP contribution >= 0.6 is 0 Å². The normalized spacial score (nSPS) is 25.8. The first-order valence-corrected chi connectivity index (χ1v) is 4.95. The van der Waals surface area contributed by atoms with E-state index in [9.17, 15) is 8.78 Å². The second-order valence-electron chi connectivity index (χ2n) is 3.77. The summed E-state index contributed by atoms with van der Waals surface area (Å²) >= 11 is 0. The van der Waals surface area contributed by atoms with Gasteiger partial charge in [0, 0.05) is 6.04 Å². The highest BCUT2D eigenvalue weighted by molar-refractivity contribution is 5.85. The van der Waals surface area contributed by atoms with Crippen molar-refractivity contribution in [2.45, 2.75) is 25.8 Å². The van der Waals surface area contributed by atoms with Crippen LogP contribution in [0.3, 0.4) is 0 Å². The van der Waals surface area contributed by atoms with Gasteiger partial charge in [-0.2, -0.15) is 0 Å². The lowest BCUT2D eigenvalue weighted by atomic mass is 9.68. The molecule has 0 amide bonds. The van der Waals surface area contributed by atoms with E-state index in [2.05, 4.69) is 0 Å².